The van der Waals surface area contributed by atoms with E-state index >= 15 is 0 Å². The number of benzene rings is 2. The van der Waals surface area contributed by atoms with Crippen LogP contribution in [-0.2, 0) is 0 Å². The van der Waals surface area contributed by atoms with Crippen LogP contribution in [-0.4, -0.2) is 17.9 Å². The second-order valence-electron chi connectivity index (χ2n) is 4.52. The number of fused-ring (bicyclic) bond motifs is 1. The van der Waals surface area contributed by atoms with Crippen molar-refractivity contribution in [2.75, 3.05) is 6.61 Å². The predicted molar refractivity (Wildman–Crippen MR) is 70.7 cm³/mol. The van der Waals surface area contributed by atoms with Gasteiger partial charge in [-0.25, -0.2) is 0 Å². The molecule has 0 bridgehead atoms. The lowest BCUT2D eigenvalue weighted by atomic mass is 10.00. The number of halogens is 3. The molecule has 2 rings (SSSR count). The van der Waals surface area contributed by atoms with Gasteiger partial charge in [-0.05, 0) is 34.9 Å². The van der Waals surface area contributed by atoms with Crippen LogP contribution >= 0.6 is 0 Å². The van der Waals surface area contributed by atoms with Crippen molar-refractivity contribution < 1.29 is 23.0 Å². The summed E-state index contributed by atoms with van der Waals surface area (Å²) in [6.45, 7) is 2.52. The number of rotatable bonds is 4. The van der Waals surface area contributed by atoms with Crippen LogP contribution in [0.15, 0.2) is 36.4 Å². The van der Waals surface area contributed by atoms with Gasteiger partial charge in [0.2, 0.25) is 0 Å². The number of aliphatic hydroxyl groups is 1. The van der Waals surface area contributed by atoms with Gasteiger partial charge in [0, 0.05) is 0 Å². The van der Waals surface area contributed by atoms with Crippen LogP contribution in [0, 0.1) is 0 Å². The van der Waals surface area contributed by atoms with Crippen LogP contribution in [0.1, 0.15) is 25.0 Å². The van der Waals surface area contributed by atoms with Crippen molar-refractivity contribution in [2.45, 2.75) is 25.6 Å². The lowest BCUT2D eigenvalue weighted by Crippen LogP contribution is -2.20. The number of alkyl halides is 3. The summed E-state index contributed by atoms with van der Waals surface area (Å²) in [6.07, 6.45) is -6.30. The molecular formula is C15H15F3O2. The topological polar surface area (TPSA) is 29.5 Å². The van der Waals surface area contributed by atoms with Crippen LogP contribution in [0.25, 0.3) is 10.8 Å². The maximum Gasteiger partial charge on any atom is 0.418 e. The van der Waals surface area contributed by atoms with Crippen LogP contribution in [0.2, 0.25) is 0 Å². The molecule has 1 unspecified atom stereocenters. The molecule has 0 aromatic heterocycles. The number of aliphatic hydroxyl groups excluding tert-OH is 1. The largest absolute Gasteiger partial charge is 0.494 e. The van der Waals surface area contributed by atoms with Crippen molar-refractivity contribution in [3.63, 3.8) is 0 Å². The number of hydrogen-bond acceptors (Lipinski definition) is 2. The van der Waals surface area contributed by atoms with Crippen molar-refractivity contribution in [3.05, 3.63) is 42.0 Å². The van der Waals surface area contributed by atoms with Gasteiger partial charge in [-0.1, -0.05) is 31.2 Å². The van der Waals surface area contributed by atoms with Crippen LogP contribution in [0.4, 0.5) is 13.2 Å². The first-order valence-corrected chi connectivity index (χ1v) is 6.33. The fraction of sp³-hybridized carbons (Fsp3) is 0.333. The Kier molecular flexibility index (Phi) is 4.18. The predicted octanol–water partition coefficient (Wildman–Crippen LogP) is 4.22. The van der Waals surface area contributed by atoms with Crippen molar-refractivity contribution in [2.24, 2.45) is 0 Å². The first-order valence-electron chi connectivity index (χ1n) is 6.33. The third-order valence-corrected chi connectivity index (χ3v) is 2.96. The Hall–Kier alpha value is -1.75. The monoisotopic (exact) mass is 284 g/mol. The van der Waals surface area contributed by atoms with E-state index in [-0.39, 0.29) is 5.56 Å². The number of hydrogen-bond donors (Lipinski definition) is 1. The highest BCUT2D eigenvalue weighted by Crippen LogP contribution is 2.36. The normalized spacial score (nSPS) is 13.4. The first kappa shape index (κ1) is 14.7. The molecule has 0 saturated heterocycles. The molecule has 0 aliphatic heterocycles. The summed E-state index contributed by atoms with van der Waals surface area (Å²) in [6, 6.07) is 9.32. The Labute approximate surface area is 114 Å². The van der Waals surface area contributed by atoms with E-state index in [2.05, 4.69) is 0 Å². The second kappa shape index (κ2) is 5.71. The summed E-state index contributed by atoms with van der Waals surface area (Å²) in [4.78, 5) is 0. The van der Waals surface area contributed by atoms with Crippen molar-refractivity contribution in [3.8, 4) is 5.75 Å². The standard InChI is InChI=1S/C15H15F3O2/c1-2-8-20-11-6-7-12-10(9-11)4-3-5-13(12)14(19)15(16,17)18/h3-7,9,14,19H,2,8H2,1H3. The van der Waals surface area contributed by atoms with Crippen LogP contribution in [0.5, 0.6) is 5.75 Å². The van der Waals surface area contributed by atoms with Gasteiger partial charge in [-0.2, -0.15) is 13.2 Å². The van der Waals surface area contributed by atoms with Gasteiger partial charge >= 0.3 is 6.18 Å². The minimum absolute atomic E-state index is 0.142. The van der Waals surface area contributed by atoms with Gasteiger partial charge in [0.25, 0.3) is 0 Å². The maximum absolute atomic E-state index is 12.6. The van der Waals surface area contributed by atoms with Gasteiger partial charge in [0.15, 0.2) is 6.10 Å². The van der Waals surface area contributed by atoms with E-state index in [4.69, 9.17) is 4.74 Å². The SMILES string of the molecule is CCCOc1ccc2c(C(O)C(F)(F)F)cccc2c1. The fourth-order valence-corrected chi connectivity index (χ4v) is 2.01. The minimum Gasteiger partial charge on any atom is -0.494 e. The number of ether oxygens (including phenoxy) is 1. The zero-order valence-electron chi connectivity index (χ0n) is 10.9. The molecule has 0 fully saturated rings. The molecule has 2 aromatic rings. The smallest absolute Gasteiger partial charge is 0.418 e. The van der Waals surface area contributed by atoms with Crippen molar-refractivity contribution in [1.29, 1.82) is 0 Å². The Balaban J connectivity index is 2.43. The molecule has 108 valence electrons. The molecule has 5 heteroatoms. The van der Waals surface area contributed by atoms with E-state index in [0.29, 0.717) is 23.1 Å². The zero-order chi connectivity index (χ0) is 14.8. The average Bonchev–Trinajstić information content (AvgIpc) is 2.42. The minimum atomic E-state index is -4.67. The lowest BCUT2D eigenvalue weighted by molar-refractivity contribution is -0.206. The Bertz CT molecular complexity index is 593. The Morgan fingerprint density at radius 1 is 1.20 bits per heavy atom. The van der Waals surface area contributed by atoms with E-state index in [9.17, 15) is 18.3 Å². The first-order chi connectivity index (χ1) is 9.43. The summed E-state index contributed by atoms with van der Waals surface area (Å²) in [5, 5.41) is 10.4. The molecule has 0 saturated carbocycles. The Morgan fingerprint density at radius 2 is 1.95 bits per heavy atom. The van der Waals surface area contributed by atoms with Crippen molar-refractivity contribution >= 4 is 10.8 Å². The van der Waals surface area contributed by atoms with Gasteiger partial charge in [0.1, 0.15) is 5.75 Å². The van der Waals surface area contributed by atoms with E-state index < -0.39 is 12.3 Å². The van der Waals surface area contributed by atoms with Gasteiger partial charge in [-0.3, -0.25) is 0 Å². The van der Waals surface area contributed by atoms with Gasteiger partial charge in [0.05, 0.1) is 6.61 Å². The molecule has 20 heavy (non-hydrogen) atoms. The molecule has 0 spiro atoms. The summed E-state index contributed by atoms with van der Waals surface area (Å²) < 4.78 is 43.3. The highest BCUT2D eigenvalue weighted by Gasteiger charge is 2.40. The van der Waals surface area contributed by atoms with Crippen LogP contribution in [0.3, 0.4) is 0 Å². The van der Waals surface area contributed by atoms with Crippen LogP contribution < -0.4 is 4.74 Å². The molecular weight excluding hydrogens is 269 g/mol. The van der Waals surface area contributed by atoms with Gasteiger partial charge < -0.3 is 9.84 Å². The summed E-state index contributed by atoms with van der Waals surface area (Å²) in [5.41, 5.74) is -0.142. The molecule has 1 atom stereocenters. The van der Waals surface area contributed by atoms with E-state index in [1.807, 2.05) is 6.92 Å². The fourth-order valence-electron chi connectivity index (χ4n) is 2.01. The summed E-state index contributed by atoms with van der Waals surface area (Å²) in [5.74, 6) is 0.609. The zero-order valence-corrected chi connectivity index (χ0v) is 10.9. The average molecular weight is 284 g/mol. The quantitative estimate of drug-likeness (QED) is 0.910. The summed E-state index contributed by atoms with van der Waals surface area (Å²) in [7, 11) is 0. The van der Waals surface area contributed by atoms with Crippen molar-refractivity contribution in [1.82, 2.24) is 0 Å². The molecule has 0 amide bonds. The Morgan fingerprint density at radius 3 is 2.60 bits per heavy atom. The molecule has 1 N–H and O–H groups in total. The molecule has 0 heterocycles. The highest BCUT2D eigenvalue weighted by atomic mass is 19.4. The van der Waals surface area contributed by atoms with E-state index in [1.54, 1.807) is 24.3 Å². The molecule has 0 aliphatic carbocycles. The lowest BCUT2D eigenvalue weighted by Gasteiger charge is -2.17. The van der Waals surface area contributed by atoms with E-state index in [1.165, 1.54) is 12.1 Å². The highest BCUT2D eigenvalue weighted by molar-refractivity contribution is 5.87. The summed E-state index contributed by atoms with van der Waals surface area (Å²) >= 11 is 0. The second-order valence-corrected chi connectivity index (χ2v) is 4.52. The van der Waals surface area contributed by atoms with Gasteiger partial charge in [-0.15, -0.1) is 0 Å². The third-order valence-electron chi connectivity index (χ3n) is 2.96. The molecule has 2 aromatic carbocycles. The van der Waals surface area contributed by atoms with E-state index in [0.717, 1.165) is 6.42 Å². The third kappa shape index (κ3) is 3.04. The molecule has 0 aliphatic rings. The molecule has 2 nitrogen and oxygen atoms in total. The maximum atomic E-state index is 12.6. The molecule has 0 radical (unpaired) electrons.